The third kappa shape index (κ3) is 3.55. The topological polar surface area (TPSA) is 24.9 Å². The molecule has 0 aliphatic carbocycles. The van der Waals surface area contributed by atoms with Crippen LogP contribution in [0.15, 0.2) is 6.07 Å². The van der Waals surface area contributed by atoms with Crippen molar-refractivity contribution in [3.05, 3.63) is 28.6 Å². The normalized spacial score (nSPS) is 16.4. The summed E-state index contributed by atoms with van der Waals surface area (Å²) in [5, 5.41) is 3.71. The van der Waals surface area contributed by atoms with E-state index in [1.807, 2.05) is 0 Å². The number of nitrogens with zero attached hydrogens (tertiary/aromatic N) is 1. The molecule has 0 bridgehead atoms. The van der Waals surface area contributed by atoms with Gasteiger partial charge in [-0.15, -0.1) is 0 Å². The Labute approximate surface area is 112 Å². The molecule has 0 radical (unpaired) electrons. The molecule has 0 spiro atoms. The first-order valence-electron chi connectivity index (χ1n) is 7.07. The zero-order valence-electron chi connectivity index (χ0n) is 13.0. The fraction of sp³-hybridized carbons (Fsp3) is 0.688. The maximum Gasteiger partial charge on any atom is 0.0426 e. The molecule has 1 aromatic rings. The summed E-state index contributed by atoms with van der Waals surface area (Å²) < 4.78 is 0. The van der Waals surface area contributed by atoms with E-state index in [0.717, 1.165) is 11.4 Å². The minimum Gasteiger partial charge on any atom is -0.307 e. The maximum atomic E-state index is 4.59. The van der Waals surface area contributed by atoms with Crippen LogP contribution in [-0.4, -0.2) is 11.0 Å². The van der Waals surface area contributed by atoms with Crippen LogP contribution in [0, 0.1) is 26.7 Å². The molecular weight excluding hydrogens is 220 g/mol. The predicted molar refractivity (Wildman–Crippen MR) is 78.9 cm³/mol. The quantitative estimate of drug-likeness (QED) is 0.849. The number of pyridine rings is 1. The third-order valence-corrected chi connectivity index (χ3v) is 4.03. The molecule has 0 aliphatic rings. The van der Waals surface area contributed by atoms with Gasteiger partial charge in [0, 0.05) is 23.5 Å². The van der Waals surface area contributed by atoms with Crippen LogP contribution in [0.25, 0.3) is 0 Å². The van der Waals surface area contributed by atoms with E-state index in [-0.39, 0.29) is 0 Å². The zero-order valence-corrected chi connectivity index (χ0v) is 13.0. The Balaban J connectivity index is 2.88. The third-order valence-electron chi connectivity index (χ3n) is 4.03. The number of aromatic nitrogens is 1. The lowest BCUT2D eigenvalue weighted by Crippen LogP contribution is -2.34. The van der Waals surface area contributed by atoms with E-state index in [9.17, 15) is 0 Å². The predicted octanol–water partition coefficient (Wildman–Crippen LogP) is 4.09. The van der Waals surface area contributed by atoms with Crippen molar-refractivity contribution in [1.29, 1.82) is 0 Å². The Morgan fingerprint density at radius 3 is 2.28 bits per heavy atom. The second-order valence-electron chi connectivity index (χ2n) is 5.64. The van der Waals surface area contributed by atoms with Crippen LogP contribution < -0.4 is 5.32 Å². The lowest BCUT2D eigenvalue weighted by molar-refractivity contribution is 0.359. The van der Waals surface area contributed by atoms with E-state index in [2.05, 4.69) is 64.8 Å². The van der Waals surface area contributed by atoms with Crippen LogP contribution in [0.5, 0.6) is 0 Å². The summed E-state index contributed by atoms with van der Waals surface area (Å²) >= 11 is 0. The van der Waals surface area contributed by atoms with E-state index < -0.39 is 0 Å². The van der Waals surface area contributed by atoms with Gasteiger partial charge in [-0.25, -0.2) is 0 Å². The molecule has 1 heterocycles. The van der Waals surface area contributed by atoms with Gasteiger partial charge < -0.3 is 5.32 Å². The second kappa shape index (κ2) is 6.33. The largest absolute Gasteiger partial charge is 0.307 e. The summed E-state index contributed by atoms with van der Waals surface area (Å²) in [5.74, 6) is 0.700. The molecule has 102 valence electrons. The van der Waals surface area contributed by atoms with Crippen molar-refractivity contribution < 1.29 is 0 Å². The fourth-order valence-electron chi connectivity index (χ4n) is 2.68. The van der Waals surface area contributed by atoms with Crippen LogP contribution in [0.3, 0.4) is 0 Å². The lowest BCUT2D eigenvalue weighted by atomic mass is 9.96. The van der Waals surface area contributed by atoms with Crippen molar-refractivity contribution in [3.8, 4) is 0 Å². The van der Waals surface area contributed by atoms with Gasteiger partial charge in [0.05, 0.1) is 0 Å². The highest BCUT2D eigenvalue weighted by Crippen LogP contribution is 2.22. The van der Waals surface area contributed by atoms with E-state index in [0.29, 0.717) is 18.0 Å². The van der Waals surface area contributed by atoms with E-state index >= 15 is 0 Å². The van der Waals surface area contributed by atoms with E-state index in [4.69, 9.17) is 0 Å². The molecule has 0 aromatic carbocycles. The molecule has 2 nitrogen and oxygen atoms in total. The highest BCUT2D eigenvalue weighted by Gasteiger charge is 2.17. The molecule has 0 fully saturated rings. The van der Waals surface area contributed by atoms with Crippen molar-refractivity contribution in [2.45, 2.75) is 67.0 Å². The van der Waals surface area contributed by atoms with Gasteiger partial charge in [0.25, 0.3) is 0 Å². The average Bonchev–Trinajstić information content (AvgIpc) is 2.26. The molecule has 1 rings (SSSR count). The van der Waals surface area contributed by atoms with E-state index in [1.54, 1.807) is 0 Å². The van der Waals surface area contributed by atoms with Crippen LogP contribution in [0.4, 0.5) is 0 Å². The smallest absolute Gasteiger partial charge is 0.0426 e. The zero-order chi connectivity index (χ0) is 13.9. The number of rotatable bonds is 5. The minimum absolute atomic E-state index is 0.363. The Morgan fingerprint density at radius 1 is 1.17 bits per heavy atom. The second-order valence-corrected chi connectivity index (χ2v) is 5.64. The van der Waals surface area contributed by atoms with Gasteiger partial charge in [0.15, 0.2) is 0 Å². The first-order chi connectivity index (χ1) is 8.36. The van der Waals surface area contributed by atoms with Crippen LogP contribution >= 0.6 is 0 Å². The van der Waals surface area contributed by atoms with Gasteiger partial charge >= 0.3 is 0 Å². The highest BCUT2D eigenvalue weighted by molar-refractivity contribution is 5.33. The standard InChI is InChI=1S/C16H28N2/c1-8-10(2)13(5)18-15(7)16-11(3)9-12(4)17-14(16)6/h9-10,13,15,18H,8H2,1-7H3. The number of hydrogen-bond donors (Lipinski definition) is 1. The molecule has 0 aliphatic heterocycles. The van der Waals surface area contributed by atoms with Gasteiger partial charge in [-0.1, -0.05) is 20.3 Å². The molecule has 1 aromatic heterocycles. The minimum atomic E-state index is 0.363. The highest BCUT2D eigenvalue weighted by atomic mass is 14.9. The summed E-state index contributed by atoms with van der Waals surface area (Å²) in [5.41, 5.74) is 4.96. The lowest BCUT2D eigenvalue weighted by Gasteiger charge is -2.26. The monoisotopic (exact) mass is 248 g/mol. The number of hydrogen-bond acceptors (Lipinski definition) is 2. The van der Waals surface area contributed by atoms with Crippen LogP contribution in [0.1, 0.15) is 62.7 Å². The van der Waals surface area contributed by atoms with Gasteiger partial charge in [-0.3, -0.25) is 4.98 Å². The van der Waals surface area contributed by atoms with Gasteiger partial charge in [-0.2, -0.15) is 0 Å². The Kier molecular flexibility index (Phi) is 5.33. The van der Waals surface area contributed by atoms with Crippen molar-refractivity contribution in [2.24, 2.45) is 5.92 Å². The van der Waals surface area contributed by atoms with Gasteiger partial charge in [0.2, 0.25) is 0 Å². The summed E-state index contributed by atoms with van der Waals surface area (Å²) in [4.78, 5) is 4.59. The Morgan fingerprint density at radius 2 is 1.78 bits per heavy atom. The molecule has 3 atom stereocenters. The molecule has 0 saturated carbocycles. The first-order valence-corrected chi connectivity index (χ1v) is 7.07. The SMILES string of the molecule is CCC(C)C(C)NC(C)c1c(C)cc(C)nc1C. The molecule has 2 heteroatoms. The summed E-state index contributed by atoms with van der Waals surface area (Å²) in [6.45, 7) is 15.4. The Bertz CT molecular complexity index is 375. The first kappa shape index (κ1) is 15.2. The molecule has 18 heavy (non-hydrogen) atoms. The van der Waals surface area contributed by atoms with Crippen molar-refractivity contribution >= 4 is 0 Å². The van der Waals surface area contributed by atoms with Gasteiger partial charge in [-0.05, 0) is 57.7 Å². The molecule has 3 unspecified atom stereocenters. The number of aryl methyl sites for hydroxylation is 3. The summed E-state index contributed by atoms with van der Waals surface area (Å²) in [6, 6.07) is 3.07. The average molecular weight is 248 g/mol. The molecule has 0 amide bonds. The van der Waals surface area contributed by atoms with Crippen LogP contribution in [0.2, 0.25) is 0 Å². The van der Waals surface area contributed by atoms with Crippen molar-refractivity contribution in [2.75, 3.05) is 0 Å². The van der Waals surface area contributed by atoms with Crippen LogP contribution in [-0.2, 0) is 0 Å². The molecular formula is C16H28N2. The van der Waals surface area contributed by atoms with Gasteiger partial charge in [0.1, 0.15) is 0 Å². The molecule has 0 saturated heterocycles. The van der Waals surface area contributed by atoms with E-state index in [1.165, 1.54) is 17.5 Å². The fourth-order valence-corrected chi connectivity index (χ4v) is 2.68. The number of nitrogens with one attached hydrogen (secondary N) is 1. The van der Waals surface area contributed by atoms with Crippen molar-refractivity contribution in [3.63, 3.8) is 0 Å². The summed E-state index contributed by atoms with van der Waals surface area (Å²) in [7, 11) is 0. The Hall–Kier alpha value is -0.890. The molecule has 1 N–H and O–H groups in total. The maximum absolute atomic E-state index is 4.59. The summed E-state index contributed by atoms with van der Waals surface area (Å²) in [6.07, 6.45) is 1.21. The van der Waals surface area contributed by atoms with Crippen molar-refractivity contribution in [1.82, 2.24) is 10.3 Å².